The van der Waals surface area contributed by atoms with E-state index in [0.717, 1.165) is 24.8 Å². The van der Waals surface area contributed by atoms with E-state index in [-0.39, 0.29) is 29.0 Å². The quantitative estimate of drug-likeness (QED) is 0.803. The summed E-state index contributed by atoms with van der Waals surface area (Å²) in [4.78, 5) is 23.9. The maximum absolute atomic E-state index is 12.2. The van der Waals surface area contributed by atoms with Crippen molar-refractivity contribution in [1.82, 2.24) is 0 Å². The molecule has 0 aromatic heterocycles. The molecule has 1 heterocycles. The molecule has 1 saturated heterocycles. The van der Waals surface area contributed by atoms with Gasteiger partial charge < -0.3 is 9.84 Å². The summed E-state index contributed by atoms with van der Waals surface area (Å²) in [6.07, 6.45) is 8.58. The second kappa shape index (κ2) is 4.89. The zero-order valence-electron chi connectivity index (χ0n) is 14.7. The Morgan fingerprint density at radius 3 is 2.67 bits per heavy atom. The summed E-state index contributed by atoms with van der Waals surface area (Å²) in [5.41, 5.74) is -0.706. The molecule has 4 nitrogen and oxygen atoms in total. The molecule has 0 amide bonds. The summed E-state index contributed by atoms with van der Waals surface area (Å²) in [6, 6.07) is 0. The number of allylic oxidation sites excluding steroid dienone is 3. The smallest absolute Gasteiger partial charge is 0.178 e. The molecule has 0 radical (unpaired) electrons. The van der Waals surface area contributed by atoms with E-state index in [1.54, 1.807) is 12.2 Å². The maximum atomic E-state index is 12.2. The molecular weight excluding hydrogens is 304 g/mol. The second-order valence-corrected chi connectivity index (χ2v) is 8.59. The average Bonchev–Trinajstić information content (AvgIpc) is 2.81. The third-order valence-corrected chi connectivity index (χ3v) is 7.73. The van der Waals surface area contributed by atoms with Crippen LogP contribution in [-0.4, -0.2) is 35.0 Å². The molecule has 0 unspecified atom stereocenters. The van der Waals surface area contributed by atoms with Crippen LogP contribution in [0.15, 0.2) is 23.8 Å². The number of hydrogen-bond donors (Lipinski definition) is 1. The van der Waals surface area contributed by atoms with Gasteiger partial charge in [0.2, 0.25) is 0 Å². The molecule has 0 bridgehead atoms. The number of hydrogen-bond acceptors (Lipinski definition) is 4. The maximum Gasteiger partial charge on any atom is 0.178 e. The van der Waals surface area contributed by atoms with Crippen molar-refractivity contribution in [2.24, 2.45) is 22.7 Å². The fraction of sp³-hybridized carbons (Fsp3) is 0.700. The van der Waals surface area contributed by atoms with Crippen molar-refractivity contribution >= 4 is 11.6 Å². The highest BCUT2D eigenvalue weighted by Gasteiger charge is 2.66. The molecule has 4 rings (SSSR count). The number of fused-ring (bicyclic) bond motifs is 5. The molecule has 24 heavy (non-hydrogen) atoms. The lowest BCUT2D eigenvalue weighted by Gasteiger charge is -2.57. The number of aliphatic hydroxyl groups is 1. The molecule has 130 valence electrons. The number of Topliss-reactive ketones (excluding diaryl/α,β-unsaturated/α-hetero) is 1. The van der Waals surface area contributed by atoms with Crippen LogP contribution in [0.5, 0.6) is 0 Å². The highest BCUT2D eigenvalue weighted by atomic mass is 16.5. The van der Waals surface area contributed by atoms with Gasteiger partial charge in [-0.2, -0.15) is 0 Å². The molecule has 3 aliphatic carbocycles. The van der Waals surface area contributed by atoms with Gasteiger partial charge in [-0.05, 0) is 62.2 Å². The summed E-state index contributed by atoms with van der Waals surface area (Å²) in [5, 5.41) is 11.1. The van der Waals surface area contributed by atoms with Gasteiger partial charge in [-0.1, -0.05) is 19.9 Å². The Labute approximate surface area is 143 Å². The van der Waals surface area contributed by atoms with Crippen LogP contribution >= 0.6 is 0 Å². The van der Waals surface area contributed by atoms with E-state index in [4.69, 9.17) is 4.74 Å². The minimum absolute atomic E-state index is 0.0389. The molecule has 6 atom stereocenters. The summed E-state index contributed by atoms with van der Waals surface area (Å²) < 4.78 is 6.24. The summed E-state index contributed by atoms with van der Waals surface area (Å²) in [5.74, 6) is 0.414. The molecule has 3 fully saturated rings. The molecule has 4 aliphatic rings. The minimum atomic E-state index is -1.22. The van der Waals surface area contributed by atoms with Crippen molar-refractivity contribution in [3.05, 3.63) is 23.8 Å². The SMILES string of the molecule is CC(=O)[C@@]1(O)CC[C@H]2[C@@H]3OCC4=CC(=O)C=C[C@]4(C)[C@H]3CC[C@@]21C. The standard InChI is InChI=1S/C20H26O4/c1-12(21)20(23)9-6-16-17-15(5-8-19(16,20)3)18(2)7-4-14(22)10-13(18)11-24-17/h4,7,10,15-17,23H,5-6,8-9,11H2,1-3H3/t15-,16-,17+,18-,19-,20-/m0/s1. The van der Waals surface area contributed by atoms with E-state index >= 15 is 0 Å². The first-order chi connectivity index (χ1) is 11.2. The normalized spacial score (nSPS) is 49.9. The third kappa shape index (κ3) is 1.81. The molecule has 0 spiro atoms. The lowest BCUT2D eigenvalue weighted by atomic mass is 9.52. The van der Waals surface area contributed by atoms with Gasteiger partial charge in [0.05, 0.1) is 12.7 Å². The van der Waals surface area contributed by atoms with Gasteiger partial charge in [0.1, 0.15) is 5.60 Å². The molecule has 1 aliphatic heterocycles. The molecule has 2 saturated carbocycles. The highest BCUT2D eigenvalue weighted by molar-refractivity contribution is 6.01. The van der Waals surface area contributed by atoms with Crippen molar-refractivity contribution in [3.8, 4) is 0 Å². The first kappa shape index (κ1) is 16.2. The highest BCUT2D eigenvalue weighted by Crippen LogP contribution is 2.63. The fourth-order valence-corrected chi connectivity index (χ4v) is 6.03. The number of carbonyl (C=O) groups is 2. The molecule has 0 aromatic carbocycles. The summed E-state index contributed by atoms with van der Waals surface area (Å²) in [6.45, 7) is 6.26. The van der Waals surface area contributed by atoms with Crippen LogP contribution in [0.3, 0.4) is 0 Å². The molecule has 0 aromatic rings. The van der Waals surface area contributed by atoms with Crippen LogP contribution in [0.25, 0.3) is 0 Å². The van der Waals surface area contributed by atoms with Gasteiger partial charge in [-0.25, -0.2) is 0 Å². The van der Waals surface area contributed by atoms with Gasteiger partial charge in [-0.3, -0.25) is 9.59 Å². The zero-order valence-corrected chi connectivity index (χ0v) is 14.7. The van der Waals surface area contributed by atoms with Gasteiger partial charge in [0, 0.05) is 10.8 Å². The predicted molar refractivity (Wildman–Crippen MR) is 89.3 cm³/mol. The van der Waals surface area contributed by atoms with Crippen molar-refractivity contribution < 1.29 is 19.4 Å². The van der Waals surface area contributed by atoms with E-state index in [0.29, 0.717) is 18.9 Å². The molecule has 1 N–H and O–H groups in total. The Morgan fingerprint density at radius 1 is 1.25 bits per heavy atom. The Morgan fingerprint density at radius 2 is 1.96 bits per heavy atom. The van der Waals surface area contributed by atoms with Crippen molar-refractivity contribution in [2.45, 2.75) is 58.2 Å². The van der Waals surface area contributed by atoms with E-state index in [2.05, 4.69) is 19.9 Å². The van der Waals surface area contributed by atoms with Crippen molar-refractivity contribution in [2.75, 3.05) is 6.61 Å². The first-order valence-corrected chi connectivity index (χ1v) is 9.02. The van der Waals surface area contributed by atoms with Gasteiger partial charge in [0.15, 0.2) is 11.6 Å². The average molecular weight is 330 g/mol. The van der Waals surface area contributed by atoms with Crippen LogP contribution in [0.4, 0.5) is 0 Å². The van der Waals surface area contributed by atoms with E-state index in [1.165, 1.54) is 6.92 Å². The molecule has 4 heteroatoms. The lowest BCUT2D eigenvalue weighted by Crippen LogP contribution is -2.59. The number of ether oxygens (including phenoxy) is 1. The molecular formula is C20H26O4. The minimum Gasteiger partial charge on any atom is -0.382 e. The van der Waals surface area contributed by atoms with Crippen LogP contribution in [0.2, 0.25) is 0 Å². The Hall–Kier alpha value is -1.26. The first-order valence-electron chi connectivity index (χ1n) is 9.02. The lowest BCUT2D eigenvalue weighted by molar-refractivity contribution is -0.177. The van der Waals surface area contributed by atoms with Crippen LogP contribution in [0.1, 0.15) is 46.5 Å². The van der Waals surface area contributed by atoms with Gasteiger partial charge in [0.25, 0.3) is 0 Å². The van der Waals surface area contributed by atoms with Crippen molar-refractivity contribution in [3.63, 3.8) is 0 Å². The monoisotopic (exact) mass is 330 g/mol. The number of ketones is 2. The predicted octanol–water partition coefficient (Wildman–Crippen LogP) is 2.60. The van der Waals surface area contributed by atoms with Crippen LogP contribution in [-0.2, 0) is 14.3 Å². The second-order valence-electron chi connectivity index (χ2n) is 8.59. The zero-order chi connectivity index (χ0) is 17.3. The van der Waals surface area contributed by atoms with Gasteiger partial charge >= 0.3 is 0 Å². The Bertz CT molecular complexity index is 677. The van der Waals surface area contributed by atoms with Gasteiger partial charge in [-0.15, -0.1) is 0 Å². The topological polar surface area (TPSA) is 63.6 Å². The van der Waals surface area contributed by atoms with E-state index in [1.807, 2.05) is 0 Å². The van der Waals surface area contributed by atoms with Crippen LogP contribution < -0.4 is 0 Å². The number of carbonyl (C=O) groups excluding carboxylic acids is 2. The fourth-order valence-electron chi connectivity index (χ4n) is 6.03. The summed E-state index contributed by atoms with van der Waals surface area (Å²) >= 11 is 0. The van der Waals surface area contributed by atoms with Crippen molar-refractivity contribution in [1.29, 1.82) is 0 Å². The summed E-state index contributed by atoms with van der Waals surface area (Å²) in [7, 11) is 0. The third-order valence-electron chi connectivity index (χ3n) is 7.73. The Kier molecular flexibility index (Phi) is 3.30. The number of rotatable bonds is 1. The van der Waals surface area contributed by atoms with E-state index < -0.39 is 11.0 Å². The van der Waals surface area contributed by atoms with E-state index in [9.17, 15) is 14.7 Å². The van der Waals surface area contributed by atoms with Crippen LogP contribution in [0, 0.1) is 22.7 Å². The largest absolute Gasteiger partial charge is 0.382 e. The Balaban J connectivity index is 1.71.